The minimum Gasteiger partial charge on any atom is -0.481 e. The smallest absolute Gasteiger partial charge is 0.312 e. The Morgan fingerprint density at radius 2 is 2.07 bits per heavy atom. The normalized spacial score (nSPS) is 12.6. The molecule has 15 heavy (non-hydrogen) atoms. The van der Waals surface area contributed by atoms with E-state index < -0.39 is 11.9 Å². The average Bonchev–Trinajstić information content (AvgIpc) is 2.27. The third-order valence-electron chi connectivity index (χ3n) is 2.49. The van der Waals surface area contributed by atoms with Gasteiger partial charge in [-0.25, -0.2) is 0 Å². The van der Waals surface area contributed by atoms with Gasteiger partial charge in [-0.05, 0) is 18.4 Å². The van der Waals surface area contributed by atoms with Crippen molar-refractivity contribution in [2.75, 3.05) is 0 Å². The molecule has 0 saturated carbocycles. The monoisotopic (exact) mass is 201 g/mol. The maximum Gasteiger partial charge on any atom is 0.312 e. The Hall–Kier alpha value is -1.90. The third-order valence-corrected chi connectivity index (χ3v) is 2.49. The Morgan fingerprint density at radius 1 is 1.33 bits per heavy atom. The van der Waals surface area contributed by atoms with Gasteiger partial charge in [0, 0.05) is 11.6 Å². The topological polar surface area (TPSA) is 50.2 Å². The molecule has 1 atom stereocenters. The number of nitrogens with zero attached hydrogens (tertiary/aromatic N) is 1. The molecule has 0 aliphatic carbocycles. The van der Waals surface area contributed by atoms with Gasteiger partial charge in [0.1, 0.15) is 0 Å². The molecule has 0 bridgehead atoms. The molecule has 3 heteroatoms. The molecule has 2 rings (SSSR count). The summed E-state index contributed by atoms with van der Waals surface area (Å²) in [6.07, 6.45) is 1.65. The van der Waals surface area contributed by atoms with E-state index in [9.17, 15) is 4.79 Å². The first-order chi connectivity index (χ1) is 7.20. The number of pyridine rings is 1. The number of aliphatic carboxylic acids is 1. The van der Waals surface area contributed by atoms with Crippen LogP contribution in [0.1, 0.15) is 18.5 Å². The first-order valence-electron chi connectivity index (χ1n) is 4.76. The predicted molar refractivity (Wildman–Crippen MR) is 57.8 cm³/mol. The quantitative estimate of drug-likeness (QED) is 0.811. The van der Waals surface area contributed by atoms with Crippen LogP contribution in [0.2, 0.25) is 0 Å². The number of carbonyl (C=O) groups is 1. The molecule has 1 heterocycles. The van der Waals surface area contributed by atoms with Crippen LogP contribution in [0.5, 0.6) is 0 Å². The molecule has 0 amide bonds. The van der Waals surface area contributed by atoms with E-state index in [0.29, 0.717) is 5.69 Å². The van der Waals surface area contributed by atoms with E-state index in [-0.39, 0.29) is 0 Å². The lowest BCUT2D eigenvalue weighted by atomic mass is 10.0. The van der Waals surface area contributed by atoms with Gasteiger partial charge in [-0.2, -0.15) is 0 Å². The summed E-state index contributed by atoms with van der Waals surface area (Å²) >= 11 is 0. The highest BCUT2D eigenvalue weighted by Gasteiger charge is 2.17. The summed E-state index contributed by atoms with van der Waals surface area (Å²) in [6, 6.07) is 9.55. The minimum absolute atomic E-state index is 0.573. The highest BCUT2D eigenvalue weighted by Crippen LogP contribution is 2.23. The Morgan fingerprint density at radius 3 is 2.80 bits per heavy atom. The third kappa shape index (κ3) is 1.68. The predicted octanol–water partition coefficient (Wildman–Crippen LogP) is 2.42. The van der Waals surface area contributed by atoms with Crippen LogP contribution in [-0.2, 0) is 4.79 Å². The molecule has 2 aromatic rings. The average molecular weight is 201 g/mol. The highest BCUT2D eigenvalue weighted by molar-refractivity contribution is 5.89. The van der Waals surface area contributed by atoms with Crippen LogP contribution in [-0.4, -0.2) is 16.1 Å². The molecule has 1 N–H and O–H groups in total. The summed E-state index contributed by atoms with van der Waals surface area (Å²) in [6.45, 7) is 1.65. The molecule has 0 unspecified atom stereocenters. The van der Waals surface area contributed by atoms with Crippen molar-refractivity contribution in [1.82, 2.24) is 4.98 Å². The first kappa shape index (κ1) is 9.65. The maximum atomic E-state index is 10.9. The van der Waals surface area contributed by atoms with Crippen molar-refractivity contribution >= 4 is 16.7 Å². The number of aromatic nitrogens is 1. The molecule has 1 aromatic heterocycles. The summed E-state index contributed by atoms with van der Waals surface area (Å²) in [4.78, 5) is 15.1. The van der Waals surface area contributed by atoms with Gasteiger partial charge in [0.2, 0.25) is 0 Å². The van der Waals surface area contributed by atoms with Crippen LogP contribution in [0, 0.1) is 0 Å². The van der Waals surface area contributed by atoms with Crippen molar-refractivity contribution in [3.63, 3.8) is 0 Å². The molecule has 3 nitrogen and oxygen atoms in total. The van der Waals surface area contributed by atoms with E-state index in [2.05, 4.69) is 4.98 Å². The molecule has 0 saturated heterocycles. The van der Waals surface area contributed by atoms with Crippen LogP contribution in [0.25, 0.3) is 10.8 Å². The van der Waals surface area contributed by atoms with Crippen molar-refractivity contribution < 1.29 is 9.90 Å². The van der Waals surface area contributed by atoms with Gasteiger partial charge in [0.25, 0.3) is 0 Å². The van der Waals surface area contributed by atoms with E-state index in [4.69, 9.17) is 5.11 Å². The Labute approximate surface area is 87.4 Å². The van der Waals surface area contributed by atoms with Crippen molar-refractivity contribution in [3.8, 4) is 0 Å². The number of benzene rings is 1. The number of rotatable bonds is 2. The van der Waals surface area contributed by atoms with Gasteiger partial charge < -0.3 is 5.11 Å². The molecular weight excluding hydrogens is 190 g/mol. The molecule has 1 aromatic carbocycles. The summed E-state index contributed by atoms with van der Waals surface area (Å²) in [5.74, 6) is -1.42. The van der Waals surface area contributed by atoms with E-state index >= 15 is 0 Å². The largest absolute Gasteiger partial charge is 0.481 e. The number of hydrogen-bond acceptors (Lipinski definition) is 2. The Balaban J connectivity index is 2.65. The van der Waals surface area contributed by atoms with Gasteiger partial charge in [-0.1, -0.05) is 24.3 Å². The second kappa shape index (κ2) is 3.69. The lowest BCUT2D eigenvalue weighted by Gasteiger charge is -2.08. The zero-order chi connectivity index (χ0) is 10.8. The SMILES string of the molecule is C[C@@H](C(=O)O)c1nccc2ccccc12. The number of hydrogen-bond donors (Lipinski definition) is 1. The summed E-state index contributed by atoms with van der Waals surface area (Å²) in [7, 11) is 0. The van der Waals surface area contributed by atoms with Crippen molar-refractivity contribution in [2.45, 2.75) is 12.8 Å². The van der Waals surface area contributed by atoms with Crippen molar-refractivity contribution in [3.05, 3.63) is 42.2 Å². The molecule has 76 valence electrons. The highest BCUT2D eigenvalue weighted by atomic mass is 16.4. The molecule has 0 aliphatic rings. The van der Waals surface area contributed by atoms with E-state index in [1.54, 1.807) is 13.1 Å². The van der Waals surface area contributed by atoms with E-state index in [1.165, 1.54) is 0 Å². The molecular formula is C12H11NO2. The standard InChI is InChI=1S/C12H11NO2/c1-8(12(14)15)11-10-5-3-2-4-9(10)6-7-13-11/h2-8H,1H3,(H,14,15)/t8-/m1/s1. The van der Waals surface area contributed by atoms with Crippen LogP contribution in [0.15, 0.2) is 36.5 Å². The Kier molecular flexibility index (Phi) is 2.37. The molecule has 0 aliphatic heterocycles. The molecule has 0 radical (unpaired) electrons. The molecule has 0 spiro atoms. The second-order valence-electron chi connectivity index (χ2n) is 3.48. The first-order valence-corrected chi connectivity index (χ1v) is 4.76. The van der Waals surface area contributed by atoms with Gasteiger partial charge in [-0.15, -0.1) is 0 Å². The van der Waals surface area contributed by atoms with Gasteiger partial charge in [0.15, 0.2) is 0 Å². The number of carboxylic acid groups (broad SMARTS) is 1. The summed E-state index contributed by atoms with van der Waals surface area (Å²) < 4.78 is 0. The fourth-order valence-corrected chi connectivity index (χ4v) is 1.61. The van der Waals surface area contributed by atoms with Crippen molar-refractivity contribution in [2.24, 2.45) is 0 Å². The number of fused-ring (bicyclic) bond motifs is 1. The zero-order valence-corrected chi connectivity index (χ0v) is 8.34. The number of carboxylic acids is 1. The van der Waals surface area contributed by atoms with Crippen LogP contribution in [0.4, 0.5) is 0 Å². The lowest BCUT2D eigenvalue weighted by Crippen LogP contribution is -2.09. The minimum atomic E-state index is -0.848. The fourth-order valence-electron chi connectivity index (χ4n) is 1.61. The van der Waals surface area contributed by atoms with Gasteiger partial charge >= 0.3 is 5.97 Å². The summed E-state index contributed by atoms with van der Waals surface area (Å²) in [5.41, 5.74) is 0.626. The van der Waals surface area contributed by atoms with Crippen molar-refractivity contribution in [1.29, 1.82) is 0 Å². The zero-order valence-electron chi connectivity index (χ0n) is 8.34. The van der Waals surface area contributed by atoms with Crippen LogP contribution in [0.3, 0.4) is 0 Å². The van der Waals surface area contributed by atoms with Gasteiger partial charge in [-0.3, -0.25) is 9.78 Å². The van der Waals surface area contributed by atoms with Crippen LogP contribution < -0.4 is 0 Å². The van der Waals surface area contributed by atoms with E-state index in [1.807, 2.05) is 30.3 Å². The maximum absolute atomic E-state index is 10.9. The van der Waals surface area contributed by atoms with E-state index in [0.717, 1.165) is 10.8 Å². The fraction of sp³-hybridized carbons (Fsp3) is 0.167. The van der Waals surface area contributed by atoms with Gasteiger partial charge in [0.05, 0.1) is 11.6 Å². The van der Waals surface area contributed by atoms with Crippen LogP contribution >= 0.6 is 0 Å². The molecule has 0 fully saturated rings. The second-order valence-corrected chi connectivity index (χ2v) is 3.48. The Bertz CT molecular complexity index is 502. The summed E-state index contributed by atoms with van der Waals surface area (Å²) in [5, 5.41) is 10.9. The lowest BCUT2D eigenvalue weighted by molar-refractivity contribution is -0.138.